The van der Waals surface area contributed by atoms with Crippen LogP contribution in [0.1, 0.15) is 40.0 Å². The third kappa shape index (κ3) is 2.64. The molecular weight excluding hydrogens is 287 g/mol. The molecule has 3 saturated carbocycles. The highest BCUT2D eigenvalue weighted by Crippen LogP contribution is 2.65. The summed E-state index contributed by atoms with van der Waals surface area (Å²) in [6.07, 6.45) is 3.75. The van der Waals surface area contributed by atoms with Gasteiger partial charge in [0.05, 0.1) is 18.1 Å². The van der Waals surface area contributed by atoms with Crippen molar-refractivity contribution in [1.82, 2.24) is 0 Å². The van der Waals surface area contributed by atoms with Crippen LogP contribution in [0, 0.1) is 17.3 Å². The maximum atomic E-state index is 10.5. The lowest BCUT2D eigenvalue weighted by atomic mass is 9.43. The molecule has 4 atom stereocenters. The summed E-state index contributed by atoms with van der Waals surface area (Å²) in [4.78, 5) is 10.5. The van der Waals surface area contributed by atoms with Crippen LogP contribution in [0.15, 0.2) is 0 Å². The van der Waals surface area contributed by atoms with Gasteiger partial charge >= 0.3 is 13.1 Å². The van der Waals surface area contributed by atoms with Crippen LogP contribution in [0.5, 0.6) is 0 Å². The van der Waals surface area contributed by atoms with E-state index in [1.165, 1.54) is 6.42 Å². The summed E-state index contributed by atoms with van der Waals surface area (Å²) in [7, 11) is -0.104. The molecule has 0 aromatic carbocycles. The summed E-state index contributed by atoms with van der Waals surface area (Å²) >= 11 is 1.67. The monoisotopic (exact) mass is 312 g/mol. The van der Waals surface area contributed by atoms with Gasteiger partial charge < -0.3 is 14.4 Å². The summed E-state index contributed by atoms with van der Waals surface area (Å²) < 4.78 is 12.5. The Hall–Kier alpha value is -0.195. The van der Waals surface area contributed by atoms with Gasteiger partial charge in [0.15, 0.2) is 0 Å². The second-order valence-corrected chi connectivity index (χ2v) is 8.67. The molecule has 1 saturated heterocycles. The molecule has 21 heavy (non-hydrogen) atoms. The Balaban J connectivity index is 1.48. The van der Waals surface area contributed by atoms with Gasteiger partial charge in [-0.05, 0) is 49.1 Å². The van der Waals surface area contributed by atoms with E-state index in [1.807, 2.05) is 0 Å². The largest absolute Gasteiger partial charge is 0.481 e. The predicted octanol–water partition coefficient (Wildman–Crippen LogP) is 2.92. The molecule has 0 aromatic heterocycles. The summed E-state index contributed by atoms with van der Waals surface area (Å²) in [5, 5.41) is 8.62. The number of hydrogen-bond donors (Lipinski definition) is 1. The van der Waals surface area contributed by atoms with Gasteiger partial charge in [0, 0.05) is 5.75 Å². The SMILES string of the molecule is CC1(C)C2CC1[C@]1(C)OB(CCSCCC(=O)O)O[C@@H]1C2. The fourth-order valence-electron chi connectivity index (χ4n) is 4.52. The van der Waals surface area contributed by atoms with Crippen molar-refractivity contribution in [2.24, 2.45) is 17.3 Å². The number of thioether (sulfide) groups is 1. The zero-order valence-electron chi connectivity index (χ0n) is 13.1. The fraction of sp³-hybridized carbons (Fsp3) is 0.933. The number of carboxylic acid groups (broad SMARTS) is 1. The van der Waals surface area contributed by atoms with E-state index < -0.39 is 5.97 Å². The van der Waals surface area contributed by atoms with Gasteiger partial charge in [0.1, 0.15) is 0 Å². The Labute approximate surface area is 131 Å². The van der Waals surface area contributed by atoms with Gasteiger partial charge in [-0.1, -0.05) is 13.8 Å². The van der Waals surface area contributed by atoms with Crippen LogP contribution in [-0.2, 0) is 14.1 Å². The molecule has 4 rings (SSSR count). The van der Waals surface area contributed by atoms with Gasteiger partial charge in [-0.2, -0.15) is 11.8 Å². The molecule has 1 heterocycles. The third-order valence-corrected chi connectivity index (χ3v) is 6.98. The standard InChI is InChI=1S/C15H25BO4S/c1-14(2)10-8-11(14)15(3)12(9-10)19-16(20-15)5-7-21-6-4-13(17)18/h10-12H,4-9H2,1-3H3,(H,17,18)/t10?,11?,12-,15+/m1/s1. The Kier molecular flexibility index (Phi) is 4.08. The summed E-state index contributed by atoms with van der Waals surface area (Å²) in [6.45, 7) is 6.97. The first-order chi connectivity index (χ1) is 9.84. The number of aliphatic carboxylic acids is 1. The molecule has 0 spiro atoms. The molecule has 4 nitrogen and oxygen atoms in total. The van der Waals surface area contributed by atoms with Gasteiger partial charge in [-0.25, -0.2) is 0 Å². The van der Waals surface area contributed by atoms with Crippen molar-refractivity contribution in [3.05, 3.63) is 0 Å². The van der Waals surface area contributed by atoms with E-state index in [4.69, 9.17) is 14.4 Å². The number of hydrogen-bond acceptors (Lipinski definition) is 4. The molecule has 0 radical (unpaired) electrons. The summed E-state index contributed by atoms with van der Waals surface area (Å²) in [6, 6.07) is 0. The highest BCUT2D eigenvalue weighted by atomic mass is 32.2. The average Bonchev–Trinajstić information content (AvgIpc) is 2.73. The summed E-state index contributed by atoms with van der Waals surface area (Å²) in [5.74, 6) is 2.24. The van der Waals surface area contributed by atoms with Crippen molar-refractivity contribution in [2.75, 3.05) is 11.5 Å². The lowest BCUT2D eigenvalue weighted by Gasteiger charge is -2.64. The lowest BCUT2D eigenvalue weighted by Crippen LogP contribution is -2.65. The minimum atomic E-state index is -0.726. The van der Waals surface area contributed by atoms with Gasteiger partial charge in [0.25, 0.3) is 0 Å². The molecule has 3 aliphatic carbocycles. The van der Waals surface area contributed by atoms with Crippen molar-refractivity contribution < 1.29 is 19.2 Å². The molecule has 4 fully saturated rings. The second kappa shape index (κ2) is 5.46. The molecular formula is C15H25BO4S. The number of carboxylic acids is 1. The molecule has 1 N–H and O–H groups in total. The Morgan fingerprint density at radius 1 is 1.33 bits per heavy atom. The van der Waals surface area contributed by atoms with Crippen molar-refractivity contribution in [3.63, 3.8) is 0 Å². The first kappa shape index (κ1) is 15.7. The van der Waals surface area contributed by atoms with E-state index in [0.717, 1.165) is 24.4 Å². The van der Waals surface area contributed by atoms with Crippen molar-refractivity contribution in [2.45, 2.75) is 58.1 Å². The van der Waals surface area contributed by atoms with Gasteiger partial charge in [-0.3, -0.25) is 4.79 Å². The van der Waals surface area contributed by atoms with E-state index in [1.54, 1.807) is 11.8 Å². The van der Waals surface area contributed by atoms with Crippen molar-refractivity contribution in [3.8, 4) is 0 Å². The first-order valence-corrected chi connectivity index (χ1v) is 9.12. The minimum absolute atomic E-state index is 0.104. The summed E-state index contributed by atoms with van der Waals surface area (Å²) in [5.41, 5.74) is 0.272. The topological polar surface area (TPSA) is 55.8 Å². The lowest BCUT2D eigenvalue weighted by molar-refractivity contribution is -0.199. The quantitative estimate of drug-likeness (QED) is 0.604. The third-order valence-electron chi connectivity index (χ3n) is 5.96. The Morgan fingerprint density at radius 2 is 2.10 bits per heavy atom. The smallest absolute Gasteiger partial charge is 0.458 e. The van der Waals surface area contributed by atoms with Crippen LogP contribution >= 0.6 is 11.8 Å². The Morgan fingerprint density at radius 3 is 2.76 bits per heavy atom. The molecule has 0 aromatic rings. The molecule has 6 heteroatoms. The normalized spacial score (nSPS) is 39.8. The highest BCUT2D eigenvalue weighted by Gasteiger charge is 2.67. The van der Waals surface area contributed by atoms with Crippen LogP contribution < -0.4 is 0 Å². The first-order valence-electron chi connectivity index (χ1n) is 7.97. The van der Waals surface area contributed by atoms with Crippen LogP contribution in [0.4, 0.5) is 0 Å². The van der Waals surface area contributed by atoms with Gasteiger partial charge in [-0.15, -0.1) is 0 Å². The Bertz CT molecular complexity index is 430. The van der Waals surface area contributed by atoms with E-state index in [0.29, 0.717) is 17.1 Å². The second-order valence-electron chi connectivity index (χ2n) is 7.44. The zero-order valence-corrected chi connectivity index (χ0v) is 13.9. The fourth-order valence-corrected chi connectivity index (χ4v) is 5.40. The predicted molar refractivity (Wildman–Crippen MR) is 84.5 cm³/mol. The molecule has 4 aliphatic rings. The molecule has 2 bridgehead atoms. The molecule has 0 amide bonds. The van der Waals surface area contributed by atoms with E-state index in [9.17, 15) is 4.79 Å². The molecule has 118 valence electrons. The zero-order chi connectivity index (χ0) is 15.3. The van der Waals surface area contributed by atoms with Crippen molar-refractivity contribution in [1.29, 1.82) is 0 Å². The maximum Gasteiger partial charge on any atom is 0.458 e. The maximum absolute atomic E-state index is 10.5. The minimum Gasteiger partial charge on any atom is -0.481 e. The molecule has 2 unspecified atom stereocenters. The van der Waals surface area contributed by atoms with E-state index in [-0.39, 0.29) is 25.2 Å². The van der Waals surface area contributed by atoms with Gasteiger partial charge in [0.2, 0.25) is 0 Å². The van der Waals surface area contributed by atoms with E-state index in [2.05, 4.69) is 20.8 Å². The van der Waals surface area contributed by atoms with Crippen molar-refractivity contribution >= 4 is 24.8 Å². The van der Waals surface area contributed by atoms with Crippen LogP contribution in [0.25, 0.3) is 0 Å². The number of rotatable bonds is 6. The van der Waals surface area contributed by atoms with E-state index >= 15 is 0 Å². The van der Waals surface area contributed by atoms with Crippen LogP contribution in [-0.4, -0.2) is 41.4 Å². The molecule has 1 aliphatic heterocycles. The number of carbonyl (C=O) groups is 1. The van der Waals surface area contributed by atoms with Crippen LogP contribution in [0.3, 0.4) is 0 Å². The highest BCUT2D eigenvalue weighted by molar-refractivity contribution is 7.99. The van der Waals surface area contributed by atoms with Crippen LogP contribution in [0.2, 0.25) is 6.32 Å². The average molecular weight is 312 g/mol.